The van der Waals surface area contributed by atoms with Crippen molar-refractivity contribution in [1.82, 2.24) is 44.8 Å². The van der Waals surface area contributed by atoms with Crippen LogP contribution in [0.3, 0.4) is 0 Å². The van der Waals surface area contributed by atoms with Gasteiger partial charge in [-0.1, -0.05) is 97.1 Å². The maximum absolute atomic E-state index is 13.2. The second-order valence-corrected chi connectivity index (χ2v) is 12.7. The zero-order valence-electron chi connectivity index (χ0n) is 27.3. The third-order valence-electron chi connectivity index (χ3n) is 9.71. The molecule has 0 saturated heterocycles. The largest absolute Gasteiger partial charge is 2.00 e. The van der Waals surface area contributed by atoms with Crippen LogP contribution in [-0.2, 0) is 23.6 Å². The zero-order chi connectivity index (χ0) is 34.5. The van der Waals surface area contributed by atoms with Gasteiger partial charge in [-0.15, -0.1) is 0 Å². The number of hydrogen-bond acceptors (Lipinski definition) is 8. The van der Waals surface area contributed by atoms with Gasteiger partial charge in [-0.3, -0.25) is 14.5 Å². The standard InChI is InChI=1S/C41H21N9O2.Cu/c51-40-29-15-7-8-16-30(29)41(52)50(40)20-21-17-18-28-31(19-21)39-48-37-27-14-6-5-13-26(27)35(46-37)44-33-23-10-2-1-9-22(23)32(42-33)43-34-24-11-3-4-12-25(24)36(45-34)47-38(28)49-39;/h1-19H,20H2;/q-2;+2. The number of nitrogens with zero attached hydrogens (tertiary/aromatic N) is 9. The molecule has 0 N–H and O–H groups in total. The summed E-state index contributed by atoms with van der Waals surface area (Å²) in [5.74, 6) is 1.22. The van der Waals surface area contributed by atoms with Crippen molar-refractivity contribution in [3.63, 3.8) is 0 Å². The van der Waals surface area contributed by atoms with Gasteiger partial charge in [0.15, 0.2) is 0 Å². The van der Waals surface area contributed by atoms with E-state index in [9.17, 15) is 9.59 Å². The Morgan fingerprint density at radius 3 is 1.21 bits per heavy atom. The molecule has 11 rings (SSSR count). The fourth-order valence-corrected chi connectivity index (χ4v) is 7.22. The molecule has 1 radical (unpaired) electrons. The van der Waals surface area contributed by atoms with Crippen molar-refractivity contribution < 1.29 is 26.7 Å². The Kier molecular flexibility index (Phi) is 6.75. The van der Waals surface area contributed by atoms with Gasteiger partial charge >= 0.3 is 17.1 Å². The van der Waals surface area contributed by atoms with E-state index in [0.717, 1.165) is 44.0 Å². The number of aromatic nitrogens is 8. The molecular weight excluding hydrogens is 714 g/mol. The van der Waals surface area contributed by atoms with Gasteiger partial charge in [0.25, 0.3) is 11.8 Å². The Labute approximate surface area is 310 Å². The molecule has 8 aromatic rings. The second kappa shape index (κ2) is 11.6. The van der Waals surface area contributed by atoms with E-state index in [4.69, 9.17) is 39.9 Å². The number of benzene rings is 5. The second-order valence-electron chi connectivity index (χ2n) is 12.7. The third kappa shape index (κ3) is 4.66. The smallest absolute Gasteiger partial charge is 0.357 e. The van der Waals surface area contributed by atoms with Crippen molar-refractivity contribution >= 4 is 55.9 Å². The molecule has 2 amide bonds. The molecule has 253 valence electrons. The monoisotopic (exact) mass is 734 g/mol. The van der Waals surface area contributed by atoms with Crippen LogP contribution in [0.1, 0.15) is 26.3 Å². The molecule has 53 heavy (non-hydrogen) atoms. The minimum atomic E-state index is -0.322. The topological polar surface area (TPSA) is 143 Å². The molecule has 8 bridgehead atoms. The SMILES string of the molecule is O=C1c2ccccc2C(=O)N1Cc1ccc2c3nc4nc(nc5[n-]c(nc6nc(nc([n-]3)c2c1)-c1ccccc1-6)c1ccccc51)-c1ccccc1-4.[Cu+2]. The van der Waals surface area contributed by atoms with Gasteiger partial charge < -0.3 is 29.9 Å². The quantitative estimate of drug-likeness (QED) is 0.136. The summed E-state index contributed by atoms with van der Waals surface area (Å²) in [6.45, 7) is 0.0856. The van der Waals surface area contributed by atoms with Gasteiger partial charge in [0, 0.05) is 44.8 Å². The molecule has 0 fully saturated rings. The summed E-state index contributed by atoms with van der Waals surface area (Å²) in [5.41, 5.74) is 6.61. The van der Waals surface area contributed by atoms with Gasteiger partial charge in [-0.25, -0.2) is 9.97 Å². The van der Waals surface area contributed by atoms with Crippen molar-refractivity contribution in [2.24, 2.45) is 0 Å². The fraction of sp³-hybridized carbons (Fsp3) is 0.0244. The van der Waals surface area contributed by atoms with Crippen molar-refractivity contribution in [3.8, 4) is 45.6 Å². The predicted octanol–water partition coefficient (Wildman–Crippen LogP) is 6.92. The van der Waals surface area contributed by atoms with Gasteiger partial charge in [0.1, 0.15) is 0 Å². The summed E-state index contributed by atoms with van der Waals surface area (Å²) in [7, 11) is 0. The van der Waals surface area contributed by atoms with Gasteiger partial charge in [-0.2, -0.15) is 0 Å². The number of carbonyl (C=O) groups is 2. The molecule has 0 saturated carbocycles. The van der Waals surface area contributed by atoms with E-state index in [1.165, 1.54) is 4.90 Å². The molecule has 0 spiro atoms. The summed E-state index contributed by atoms with van der Waals surface area (Å²) in [5, 5.41) is 3.11. The molecule has 3 aliphatic rings. The number of hydrogen-bond donors (Lipinski definition) is 0. The number of imide groups is 1. The molecule has 0 unspecified atom stereocenters. The maximum Gasteiger partial charge on any atom is 2.00 e. The molecule has 6 heterocycles. The minimum absolute atomic E-state index is 0. The van der Waals surface area contributed by atoms with E-state index in [-0.39, 0.29) is 35.4 Å². The summed E-state index contributed by atoms with van der Waals surface area (Å²) in [6, 6.07) is 36.0. The van der Waals surface area contributed by atoms with Crippen LogP contribution in [-0.4, -0.2) is 46.6 Å². The normalized spacial score (nSPS) is 12.9. The van der Waals surface area contributed by atoms with Crippen LogP contribution in [0.25, 0.3) is 89.7 Å². The van der Waals surface area contributed by atoms with Crippen LogP contribution in [0.15, 0.2) is 115 Å². The predicted molar refractivity (Wildman–Crippen MR) is 195 cm³/mol. The van der Waals surface area contributed by atoms with Crippen molar-refractivity contribution in [3.05, 3.63) is 132 Å². The zero-order valence-corrected chi connectivity index (χ0v) is 28.3. The molecule has 0 atom stereocenters. The van der Waals surface area contributed by atoms with E-state index >= 15 is 0 Å². The van der Waals surface area contributed by atoms with E-state index in [0.29, 0.717) is 62.4 Å². The molecule has 11 nitrogen and oxygen atoms in total. The molecule has 3 aliphatic heterocycles. The van der Waals surface area contributed by atoms with Crippen LogP contribution in [0.5, 0.6) is 0 Å². The molecule has 3 aromatic heterocycles. The van der Waals surface area contributed by atoms with Crippen molar-refractivity contribution in [2.45, 2.75) is 6.54 Å². The number of rotatable bonds is 2. The Hall–Kier alpha value is -6.88. The van der Waals surface area contributed by atoms with Crippen LogP contribution in [0, 0.1) is 0 Å². The van der Waals surface area contributed by atoms with E-state index in [2.05, 4.69) is 0 Å². The molecule has 0 aliphatic carbocycles. The van der Waals surface area contributed by atoms with Crippen LogP contribution >= 0.6 is 0 Å². The number of amides is 2. The van der Waals surface area contributed by atoms with Gasteiger partial charge in [-0.05, 0) is 45.3 Å². The summed E-state index contributed by atoms with van der Waals surface area (Å²) < 4.78 is 0. The first-order valence-electron chi connectivity index (χ1n) is 16.7. The Morgan fingerprint density at radius 1 is 0.415 bits per heavy atom. The fourth-order valence-electron chi connectivity index (χ4n) is 7.22. The summed E-state index contributed by atoms with van der Waals surface area (Å²) in [4.78, 5) is 67.4. The Morgan fingerprint density at radius 2 is 0.774 bits per heavy atom. The Balaban J connectivity index is 0.00000349. The van der Waals surface area contributed by atoms with Crippen LogP contribution in [0.2, 0.25) is 0 Å². The van der Waals surface area contributed by atoms with E-state index < -0.39 is 0 Å². The third-order valence-corrected chi connectivity index (χ3v) is 9.71. The minimum Gasteiger partial charge on any atom is -0.357 e. The van der Waals surface area contributed by atoms with E-state index in [1.807, 2.05) is 91.0 Å². The van der Waals surface area contributed by atoms with Crippen LogP contribution < -0.4 is 9.97 Å². The molecule has 5 aromatic carbocycles. The van der Waals surface area contributed by atoms with Gasteiger partial charge in [0.2, 0.25) is 0 Å². The first kappa shape index (κ1) is 30.9. The van der Waals surface area contributed by atoms with Crippen molar-refractivity contribution in [1.29, 1.82) is 0 Å². The van der Waals surface area contributed by atoms with Crippen LogP contribution in [0.4, 0.5) is 0 Å². The van der Waals surface area contributed by atoms with E-state index in [1.54, 1.807) is 24.3 Å². The number of fused-ring (bicyclic) bond motifs is 21. The number of carbonyl (C=O) groups excluding carboxylic acids is 2. The van der Waals surface area contributed by atoms with Gasteiger partial charge in [0.05, 0.1) is 41.0 Å². The maximum atomic E-state index is 13.2. The summed E-state index contributed by atoms with van der Waals surface area (Å²) >= 11 is 0. The molecular formula is C41H21CuN9O2. The Bertz CT molecular complexity index is 3040. The molecule has 12 heteroatoms. The average molecular weight is 735 g/mol. The first-order valence-corrected chi connectivity index (χ1v) is 16.7. The van der Waals surface area contributed by atoms with Crippen molar-refractivity contribution in [2.75, 3.05) is 0 Å². The average Bonchev–Trinajstić information content (AvgIpc) is 3.96. The first-order chi connectivity index (χ1) is 25.6. The summed E-state index contributed by atoms with van der Waals surface area (Å²) in [6.07, 6.45) is 0.